The average molecular weight is 602 g/mol. The molecule has 2 heterocycles. The maximum atomic E-state index is 15.4. The number of rotatable bonds is 8. The monoisotopic (exact) mass is 601 g/mol. The highest BCUT2D eigenvalue weighted by molar-refractivity contribution is 6.02. The molecule has 6 rings (SSSR count). The quantitative estimate of drug-likeness (QED) is 0.484. The molecule has 9 nitrogen and oxygen atoms in total. The fraction of sp³-hybridized carbons (Fsp3) is 0.529. The van der Waals surface area contributed by atoms with Gasteiger partial charge in [0.1, 0.15) is 23.5 Å². The molecule has 0 bridgehead atoms. The predicted molar refractivity (Wildman–Crippen MR) is 163 cm³/mol. The topological polar surface area (TPSA) is 106 Å². The van der Waals surface area contributed by atoms with Gasteiger partial charge in [0.15, 0.2) is 0 Å². The van der Waals surface area contributed by atoms with E-state index in [4.69, 9.17) is 4.74 Å². The summed E-state index contributed by atoms with van der Waals surface area (Å²) in [6, 6.07) is 11.1. The van der Waals surface area contributed by atoms with E-state index >= 15 is 4.39 Å². The Balaban J connectivity index is 1.13. The molecule has 2 aliphatic heterocycles. The predicted octanol–water partition coefficient (Wildman–Crippen LogP) is 4.28. The highest BCUT2D eigenvalue weighted by Crippen LogP contribution is 2.73. The first kappa shape index (κ1) is 30.1. The highest BCUT2D eigenvalue weighted by atomic mass is 19.1. The lowest BCUT2D eigenvalue weighted by Crippen LogP contribution is -2.56. The van der Waals surface area contributed by atoms with E-state index < -0.39 is 29.6 Å². The lowest BCUT2D eigenvalue weighted by atomic mass is 9.76. The molecule has 3 fully saturated rings. The number of hydrogen-bond acceptors (Lipinski definition) is 6. The van der Waals surface area contributed by atoms with Crippen LogP contribution in [0.4, 0.5) is 14.9 Å². The Bertz CT molecular complexity index is 1560. The first-order valence-corrected chi connectivity index (χ1v) is 15.4. The Morgan fingerprint density at radius 3 is 2.57 bits per heavy atom. The van der Waals surface area contributed by atoms with Gasteiger partial charge < -0.3 is 19.9 Å². The second kappa shape index (κ2) is 10.9. The van der Waals surface area contributed by atoms with Crippen molar-refractivity contribution in [2.75, 3.05) is 32.1 Å². The van der Waals surface area contributed by atoms with E-state index in [1.165, 1.54) is 6.07 Å². The van der Waals surface area contributed by atoms with Crippen LogP contribution in [0.3, 0.4) is 0 Å². The molecule has 2 saturated carbocycles. The number of carbonyl (C=O) groups is 3. The third-order valence-electron chi connectivity index (χ3n) is 9.68. The van der Waals surface area contributed by atoms with E-state index in [2.05, 4.69) is 11.4 Å². The number of benzene rings is 2. The van der Waals surface area contributed by atoms with Crippen molar-refractivity contribution >= 4 is 23.6 Å². The number of piperidine rings is 1. The Morgan fingerprint density at radius 2 is 1.93 bits per heavy atom. The Labute approximate surface area is 257 Å². The van der Waals surface area contributed by atoms with Gasteiger partial charge in [0.2, 0.25) is 11.8 Å². The largest absolute Gasteiger partial charge is 0.444 e. The van der Waals surface area contributed by atoms with Gasteiger partial charge in [-0.1, -0.05) is 18.2 Å². The summed E-state index contributed by atoms with van der Waals surface area (Å²) in [5.41, 5.74) is 2.90. The molecule has 2 aliphatic carbocycles. The summed E-state index contributed by atoms with van der Waals surface area (Å²) in [5, 5.41) is 12.7. The molecule has 1 spiro atoms. The van der Waals surface area contributed by atoms with Crippen molar-refractivity contribution < 1.29 is 23.5 Å². The van der Waals surface area contributed by atoms with Gasteiger partial charge in [-0.05, 0) is 106 Å². The summed E-state index contributed by atoms with van der Waals surface area (Å²) in [7, 11) is 3.94. The van der Waals surface area contributed by atoms with Gasteiger partial charge in [-0.2, -0.15) is 5.26 Å². The van der Waals surface area contributed by atoms with Gasteiger partial charge in [0, 0.05) is 31.2 Å². The molecule has 2 aromatic carbocycles. The normalized spacial score (nSPS) is 25.5. The number of nitrogens with one attached hydrogen (secondary N) is 1. The first-order chi connectivity index (χ1) is 20.8. The van der Waals surface area contributed by atoms with E-state index in [1.54, 1.807) is 42.7 Å². The van der Waals surface area contributed by atoms with Crippen LogP contribution in [0, 0.1) is 28.5 Å². The van der Waals surface area contributed by atoms with E-state index in [9.17, 15) is 19.6 Å². The van der Waals surface area contributed by atoms with Gasteiger partial charge >= 0.3 is 6.09 Å². The van der Waals surface area contributed by atoms with Crippen LogP contribution in [-0.4, -0.2) is 78.6 Å². The molecular formula is C34H40FN5O4. The lowest BCUT2D eigenvalue weighted by molar-refractivity contribution is -0.127. The van der Waals surface area contributed by atoms with Crippen LogP contribution in [0.5, 0.6) is 0 Å². The fourth-order valence-corrected chi connectivity index (χ4v) is 7.37. The molecule has 0 aromatic heterocycles. The van der Waals surface area contributed by atoms with Gasteiger partial charge in [0.05, 0.1) is 12.5 Å². The Morgan fingerprint density at radius 1 is 1.20 bits per heavy atom. The number of anilines is 1. The number of likely N-dealkylation sites (N-methyl/N-ethyl adjacent to an activating group) is 1. The highest BCUT2D eigenvalue weighted by Gasteiger charge is 2.76. The third-order valence-corrected chi connectivity index (χ3v) is 9.68. The molecule has 1 N–H and O–H groups in total. The van der Waals surface area contributed by atoms with Gasteiger partial charge in [0.25, 0.3) is 0 Å². The Hall–Kier alpha value is -3.97. The minimum atomic E-state index is -0.963. The van der Waals surface area contributed by atoms with Crippen molar-refractivity contribution in [3.05, 3.63) is 53.3 Å². The van der Waals surface area contributed by atoms with E-state index in [0.29, 0.717) is 24.1 Å². The number of carbonyl (C=O) groups excluding carboxylic acids is 3. The fourth-order valence-electron chi connectivity index (χ4n) is 7.37. The van der Waals surface area contributed by atoms with Crippen LogP contribution >= 0.6 is 0 Å². The van der Waals surface area contributed by atoms with Crippen LogP contribution in [0.15, 0.2) is 36.4 Å². The van der Waals surface area contributed by atoms with Gasteiger partial charge in [-0.3, -0.25) is 14.5 Å². The molecule has 1 unspecified atom stereocenters. The van der Waals surface area contributed by atoms with Crippen molar-refractivity contribution in [2.45, 2.75) is 76.6 Å². The number of likely N-dealkylation sites (tertiary alicyclic amines) is 1. The Kier molecular flexibility index (Phi) is 7.44. The molecule has 3 amide bonds. The maximum absolute atomic E-state index is 15.4. The molecule has 2 aromatic rings. The zero-order valence-electron chi connectivity index (χ0n) is 26.0. The number of halogens is 1. The zero-order valence-corrected chi connectivity index (χ0v) is 26.0. The van der Waals surface area contributed by atoms with Gasteiger partial charge in [-0.25, -0.2) is 9.18 Å². The van der Waals surface area contributed by atoms with Gasteiger partial charge in [-0.15, -0.1) is 0 Å². The number of nitrogens with zero attached hydrogens (tertiary/aromatic N) is 4. The number of fused-ring (bicyclic) bond motifs is 1. The van der Waals surface area contributed by atoms with E-state index in [-0.39, 0.29) is 35.6 Å². The van der Waals surface area contributed by atoms with Crippen molar-refractivity contribution in [2.24, 2.45) is 11.3 Å². The number of ether oxygens (including phenoxy) is 1. The number of amides is 3. The van der Waals surface area contributed by atoms with E-state index in [1.807, 2.05) is 37.2 Å². The lowest BCUT2D eigenvalue weighted by Gasteiger charge is -2.42. The second-order valence-electron chi connectivity index (χ2n) is 14.0. The molecular weight excluding hydrogens is 561 g/mol. The number of nitriles is 1. The zero-order chi connectivity index (χ0) is 31.6. The van der Waals surface area contributed by atoms with Crippen molar-refractivity contribution in [1.82, 2.24) is 15.1 Å². The first-order valence-electron chi connectivity index (χ1n) is 15.4. The van der Waals surface area contributed by atoms with Crippen molar-refractivity contribution in [1.29, 1.82) is 5.26 Å². The van der Waals surface area contributed by atoms with Crippen LogP contribution in [0.25, 0.3) is 11.1 Å². The summed E-state index contributed by atoms with van der Waals surface area (Å²) in [6.45, 7) is 6.76. The summed E-state index contributed by atoms with van der Waals surface area (Å²) in [6.07, 6.45) is 2.53. The SMILES string of the molecule is CN(C)CCN1C(=O)Cc2cc(-c3ccc(C[C@@H](C#N)NC(=O)[C@@H]4[C@@H]5CC56CC[C@H]6N4C(=O)OC(C)(C)C)c(F)c3)ccc21. The number of hydrogen-bond donors (Lipinski definition) is 1. The van der Waals surface area contributed by atoms with Crippen LogP contribution < -0.4 is 10.2 Å². The van der Waals surface area contributed by atoms with Crippen LogP contribution in [0.1, 0.15) is 51.2 Å². The summed E-state index contributed by atoms with van der Waals surface area (Å²) >= 11 is 0. The minimum absolute atomic E-state index is 0.00164. The molecule has 4 aliphatic rings. The molecule has 232 valence electrons. The minimum Gasteiger partial charge on any atom is -0.444 e. The summed E-state index contributed by atoms with van der Waals surface area (Å²) in [4.78, 5) is 44.7. The summed E-state index contributed by atoms with van der Waals surface area (Å²) in [5.74, 6) is -0.743. The molecule has 5 atom stereocenters. The van der Waals surface area contributed by atoms with Crippen LogP contribution in [0.2, 0.25) is 0 Å². The molecule has 1 saturated heterocycles. The maximum Gasteiger partial charge on any atom is 0.411 e. The average Bonchev–Trinajstić information content (AvgIpc) is 3.57. The standard InChI is InChI=1S/C34H40FN5O4/c1-33(2,3)44-32(43)40-28-10-11-34(28)18-25(34)30(40)31(42)37-24(19-36)15-22-7-6-21(16-26(22)35)20-8-9-27-23(14-20)17-29(41)39(27)13-12-38(4)5/h6-9,14,16,24-25,28,30H,10-13,15,17-18H2,1-5H3,(H,37,42)/t24-,25-,28+,30-,34?/m0/s1. The molecule has 10 heteroatoms. The van der Waals surface area contributed by atoms with Crippen molar-refractivity contribution in [3.8, 4) is 17.2 Å². The smallest absolute Gasteiger partial charge is 0.411 e. The van der Waals surface area contributed by atoms with E-state index in [0.717, 1.165) is 42.6 Å². The van der Waals surface area contributed by atoms with Crippen molar-refractivity contribution in [3.63, 3.8) is 0 Å². The second-order valence-corrected chi connectivity index (χ2v) is 14.0. The molecule has 44 heavy (non-hydrogen) atoms. The third kappa shape index (κ3) is 5.32. The molecule has 0 radical (unpaired) electrons. The summed E-state index contributed by atoms with van der Waals surface area (Å²) < 4.78 is 21.0. The van der Waals surface area contributed by atoms with Crippen LogP contribution in [-0.2, 0) is 27.2 Å².